The molecule has 1 unspecified atom stereocenters. The molecular weight excluding hydrogens is 168 g/mol. The Hall–Kier alpha value is -0.870. The van der Waals surface area contributed by atoms with Gasteiger partial charge < -0.3 is 14.8 Å². The minimum absolute atomic E-state index is 0.0454. The standard InChI is InChI=1S/C9H14N2O2/c12-5-7-6-13-9(11-7)8-3-1-2-4-10-8/h6,8,10,12H,1-5H2. The van der Waals surface area contributed by atoms with Crippen LogP contribution < -0.4 is 5.32 Å². The fraction of sp³-hybridized carbons (Fsp3) is 0.667. The normalized spacial score (nSPS) is 23.3. The van der Waals surface area contributed by atoms with Crippen LogP contribution in [0.1, 0.15) is 36.9 Å². The molecule has 0 bridgehead atoms. The van der Waals surface area contributed by atoms with Crippen molar-refractivity contribution in [3.05, 3.63) is 17.8 Å². The summed E-state index contributed by atoms with van der Waals surface area (Å²) in [5.41, 5.74) is 0.613. The summed E-state index contributed by atoms with van der Waals surface area (Å²) in [6.45, 7) is 0.984. The van der Waals surface area contributed by atoms with E-state index in [-0.39, 0.29) is 12.6 Å². The highest BCUT2D eigenvalue weighted by molar-refractivity contribution is 4.99. The van der Waals surface area contributed by atoms with Crippen LogP contribution in [0.15, 0.2) is 10.7 Å². The zero-order chi connectivity index (χ0) is 9.10. The molecule has 1 fully saturated rings. The van der Waals surface area contributed by atoms with Crippen LogP contribution in [0.25, 0.3) is 0 Å². The zero-order valence-corrected chi connectivity index (χ0v) is 7.49. The summed E-state index contributed by atoms with van der Waals surface area (Å²) in [6, 6.07) is 0.244. The number of aromatic nitrogens is 1. The van der Waals surface area contributed by atoms with Crippen LogP contribution in [0, 0.1) is 0 Å². The second kappa shape index (κ2) is 3.89. The SMILES string of the molecule is OCc1coc(C2CCCCN2)n1. The lowest BCUT2D eigenvalue weighted by molar-refractivity contribution is 0.276. The van der Waals surface area contributed by atoms with E-state index >= 15 is 0 Å². The van der Waals surface area contributed by atoms with Gasteiger partial charge in [-0.3, -0.25) is 0 Å². The van der Waals surface area contributed by atoms with Gasteiger partial charge in [0.2, 0.25) is 5.89 Å². The maximum Gasteiger partial charge on any atom is 0.211 e. The summed E-state index contributed by atoms with van der Waals surface area (Å²) < 4.78 is 5.26. The van der Waals surface area contributed by atoms with Crippen molar-refractivity contribution < 1.29 is 9.52 Å². The predicted octanol–water partition coefficient (Wildman–Crippen LogP) is 0.982. The molecule has 1 saturated heterocycles. The second-order valence-electron chi connectivity index (χ2n) is 3.34. The Kier molecular flexibility index (Phi) is 2.61. The summed E-state index contributed by atoms with van der Waals surface area (Å²) in [6.07, 6.45) is 5.04. The molecule has 1 aliphatic rings. The van der Waals surface area contributed by atoms with Crippen molar-refractivity contribution in [3.8, 4) is 0 Å². The summed E-state index contributed by atoms with van der Waals surface area (Å²) in [5, 5.41) is 12.1. The summed E-state index contributed by atoms with van der Waals surface area (Å²) in [5.74, 6) is 0.712. The van der Waals surface area contributed by atoms with Gasteiger partial charge in [-0.1, -0.05) is 6.42 Å². The number of oxazole rings is 1. The number of aliphatic hydroxyl groups is 1. The van der Waals surface area contributed by atoms with Gasteiger partial charge in [-0.05, 0) is 19.4 Å². The average molecular weight is 182 g/mol. The fourth-order valence-electron chi connectivity index (χ4n) is 1.62. The molecule has 1 aliphatic heterocycles. The van der Waals surface area contributed by atoms with E-state index in [0.29, 0.717) is 11.6 Å². The largest absolute Gasteiger partial charge is 0.447 e. The molecule has 13 heavy (non-hydrogen) atoms. The van der Waals surface area contributed by atoms with Crippen molar-refractivity contribution in [2.45, 2.75) is 31.9 Å². The van der Waals surface area contributed by atoms with Crippen LogP contribution in [0.5, 0.6) is 0 Å². The van der Waals surface area contributed by atoms with Crippen molar-refractivity contribution in [2.75, 3.05) is 6.54 Å². The molecule has 4 heteroatoms. The number of rotatable bonds is 2. The van der Waals surface area contributed by atoms with E-state index in [1.54, 1.807) is 0 Å². The van der Waals surface area contributed by atoms with E-state index in [1.807, 2.05) is 0 Å². The van der Waals surface area contributed by atoms with Gasteiger partial charge in [0, 0.05) is 0 Å². The average Bonchev–Trinajstić information content (AvgIpc) is 2.67. The van der Waals surface area contributed by atoms with Gasteiger partial charge in [-0.25, -0.2) is 4.98 Å². The van der Waals surface area contributed by atoms with Crippen molar-refractivity contribution in [1.29, 1.82) is 0 Å². The Morgan fingerprint density at radius 3 is 3.15 bits per heavy atom. The van der Waals surface area contributed by atoms with Crippen molar-refractivity contribution >= 4 is 0 Å². The quantitative estimate of drug-likeness (QED) is 0.715. The number of hydrogen-bond acceptors (Lipinski definition) is 4. The Labute approximate surface area is 77.0 Å². The number of hydrogen-bond donors (Lipinski definition) is 2. The first-order valence-electron chi connectivity index (χ1n) is 4.68. The number of nitrogens with one attached hydrogen (secondary N) is 1. The van der Waals surface area contributed by atoms with Gasteiger partial charge in [-0.15, -0.1) is 0 Å². The molecule has 0 aromatic carbocycles. The molecule has 0 aliphatic carbocycles. The lowest BCUT2D eigenvalue weighted by Crippen LogP contribution is -2.26. The van der Waals surface area contributed by atoms with Gasteiger partial charge in [0.25, 0.3) is 0 Å². The van der Waals surface area contributed by atoms with Crippen molar-refractivity contribution in [2.24, 2.45) is 0 Å². The monoisotopic (exact) mass is 182 g/mol. The Morgan fingerprint density at radius 2 is 2.54 bits per heavy atom. The summed E-state index contributed by atoms with van der Waals surface area (Å²) in [4.78, 5) is 4.17. The summed E-state index contributed by atoms with van der Waals surface area (Å²) >= 11 is 0. The third-order valence-electron chi connectivity index (χ3n) is 2.34. The van der Waals surface area contributed by atoms with Crippen LogP contribution in [-0.2, 0) is 6.61 Å². The molecule has 0 amide bonds. The van der Waals surface area contributed by atoms with E-state index in [1.165, 1.54) is 19.1 Å². The lowest BCUT2D eigenvalue weighted by atomic mass is 10.1. The van der Waals surface area contributed by atoms with Gasteiger partial charge in [0.15, 0.2) is 0 Å². The molecule has 0 spiro atoms. The first-order chi connectivity index (χ1) is 6.40. The molecule has 2 N–H and O–H groups in total. The van der Waals surface area contributed by atoms with E-state index in [9.17, 15) is 0 Å². The smallest absolute Gasteiger partial charge is 0.211 e. The molecule has 2 heterocycles. The van der Waals surface area contributed by atoms with Crippen LogP contribution in [0.2, 0.25) is 0 Å². The highest BCUT2D eigenvalue weighted by Gasteiger charge is 2.19. The van der Waals surface area contributed by atoms with E-state index in [4.69, 9.17) is 9.52 Å². The molecule has 0 saturated carbocycles. The van der Waals surface area contributed by atoms with Crippen LogP contribution in [-0.4, -0.2) is 16.6 Å². The maximum atomic E-state index is 8.81. The number of nitrogens with zero attached hydrogens (tertiary/aromatic N) is 1. The van der Waals surface area contributed by atoms with Gasteiger partial charge in [0.05, 0.1) is 12.6 Å². The highest BCUT2D eigenvalue weighted by atomic mass is 16.3. The second-order valence-corrected chi connectivity index (χ2v) is 3.34. The molecule has 1 aromatic rings. The van der Waals surface area contributed by atoms with E-state index in [0.717, 1.165) is 13.0 Å². The summed E-state index contributed by atoms with van der Waals surface area (Å²) in [7, 11) is 0. The zero-order valence-electron chi connectivity index (χ0n) is 7.49. The highest BCUT2D eigenvalue weighted by Crippen LogP contribution is 2.21. The van der Waals surface area contributed by atoms with E-state index in [2.05, 4.69) is 10.3 Å². The number of piperidine rings is 1. The maximum absolute atomic E-state index is 8.81. The number of aliphatic hydroxyl groups excluding tert-OH is 1. The van der Waals surface area contributed by atoms with Crippen LogP contribution in [0.3, 0.4) is 0 Å². The van der Waals surface area contributed by atoms with Gasteiger partial charge >= 0.3 is 0 Å². The van der Waals surface area contributed by atoms with Crippen LogP contribution in [0.4, 0.5) is 0 Å². The van der Waals surface area contributed by atoms with Gasteiger partial charge in [-0.2, -0.15) is 0 Å². The molecule has 2 rings (SSSR count). The molecule has 4 nitrogen and oxygen atoms in total. The Balaban J connectivity index is 2.05. The van der Waals surface area contributed by atoms with Crippen molar-refractivity contribution in [1.82, 2.24) is 10.3 Å². The van der Waals surface area contributed by atoms with Crippen molar-refractivity contribution in [3.63, 3.8) is 0 Å². The Bertz CT molecular complexity index is 266. The third kappa shape index (κ3) is 1.89. The lowest BCUT2D eigenvalue weighted by Gasteiger charge is -2.20. The minimum atomic E-state index is -0.0454. The topological polar surface area (TPSA) is 58.3 Å². The fourth-order valence-corrected chi connectivity index (χ4v) is 1.62. The molecule has 1 atom stereocenters. The third-order valence-corrected chi connectivity index (χ3v) is 2.34. The van der Waals surface area contributed by atoms with Crippen LogP contribution >= 0.6 is 0 Å². The molecule has 0 radical (unpaired) electrons. The molecule has 72 valence electrons. The first-order valence-corrected chi connectivity index (χ1v) is 4.68. The predicted molar refractivity (Wildman–Crippen MR) is 47.0 cm³/mol. The first kappa shape index (κ1) is 8.72. The molecular formula is C9H14N2O2. The van der Waals surface area contributed by atoms with Gasteiger partial charge in [0.1, 0.15) is 12.0 Å². The Morgan fingerprint density at radius 1 is 1.62 bits per heavy atom. The minimum Gasteiger partial charge on any atom is -0.447 e. The van der Waals surface area contributed by atoms with E-state index < -0.39 is 0 Å². The molecule has 1 aromatic heterocycles.